The fourth-order valence-electron chi connectivity index (χ4n) is 2.70. The second-order valence-corrected chi connectivity index (χ2v) is 5.52. The van der Waals surface area contributed by atoms with Gasteiger partial charge in [0.25, 0.3) is 0 Å². The highest BCUT2D eigenvalue weighted by molar-refractivity contribution is 5.23. The van der Waals surface area contributed by atoms with Crippen LogP contribution >= 0.6 is 0 Å². The van der Waals surface area contributed by atoms with E-state index in [1.165, 1.54) is 24.0 Å². The summed E-state index contributed by atoms with van der Waals surface area (Å²) in [5.41, 5.74) is 2.79. The molecule has 98 valence electrons. The van der Waals surface area contributed by atoms with Crippen molar-refractivity contribution < 1.29 is 0 Å². The molecule has 1 nitrogen and oxygen atoms in total. The van der Waals surface area contributed by atoms with E-state index in [1.54, 1.807) is 0 Å². The normalized spacial score (nSPS) is 17.9. The lowest BCUT2D eigenvalue weighted by Gasteiger charge is -2.24. The zero-order valence-corrected chi connectivity index (χ0v) is 11.4. The molecule has 0 spiro atoms. The topological polar surface area (TPSA) is 12.0 Å². The van der Waals surface area contributed by atoms with Crippen molar-refractivity contribution in [1.29, 1.82) is 0 Å². The summed E-state index contributed by atoms with van der Waals surface area (Å²) in [6.07, 6.45) is 2.71. The lowest BCUT2D eigenvalue weighted by atomic mass is 9.99. The van der Waals surface area contributed by atoms with Gasteiger partial charge in [-0.3, -0.25) is 0 Å². The van der Waals surface area contributed by atoms with E-state index in [1.807, 2.05) is 0 Å². The first kappa shape index (κ1) is 12.4. The van der Waals surface area contributed by atoms with Crippen LogP contribution in [-0.2, 0) is 0 Å². The molecular formula is C18H21N. The molecule has 3 rings (SSSR count). The average molecular weight is 251 g/mol. The van der Waals surface area contributed by atoms with Gasteiger partial charge in [-0.15, -0.1) is 0 Å². The number of hydrogen-bond donors (Lipinski definition) is 1. The maximum Gasteiger partial charge on any atom is 0.0353 e. The lowest BCUT2D eigenvalue weighted by molar-refractivity contribution is 0.427. The minimum atomic E-state index is 0.395. The monoisotopic (exact) mass is 251 g/mol. The van der Waals surface area contributed by atoms with E-state index in [2.05, 4.69) is 72.9 Å². The lowest BCUT2D eigenvalue weighted by Crippen LogP contribution is -2.26. The van der Waals surface area contributed by atoms with Crippen molar-refractivity contribution >= 4 is 0 Å². The zero-order chi connectivity index (χ0) is 13.1. The third kappa shape index (κ3) is 3.05. The van der Waals surface area contributed by atoms with E-state index in [9.17, 15) is 0 Å². The van der Waals surface area contributed by atoms with Crippen LogP contribution in [0.5, 0.6) is 0 Å². The van der Waals surface area contributed by atoms with Gasteiger partial charge in [0.05, 0.1) is 0 Å². The van der Waals surface area contributed by atoms with Crippen molar-refractivity contribution in [2.45, 2.75) is 31.8 Å². The Morgan fingerprint density at radius 1 is 0.842 bits per heavy atom. The minimum absolute atomic E-state index is 0.395. The van der Waals surface area contributed by atoms with E-state index in [-0.39, 0.29) is 0 Å². The molecule has 1 N–H and O–H groups in total. The van der Waals surface area contributed by atoms with Gasteiger partial charge in [0.2, 0.25) is 0 Å². The molecular weight excluding hydrogens is 230 g/mol. The van der Waals surface area contributed by atoms with Crippen LogP contribution in [0.25, 0.3) is 0 Å². The molecule has 1 fully saturated rings. The van der Waals surface area contributed by atoms with Crippen LogP contribution in [0, 0.1) is 5.92 Å². The molecule has 0 saturated heterocycles. The standard InChI is InChI=1S/C18H21N/c1-14(15-8-4-2-5-9-15)19-18(17-12-13-17)16-10-6-3-7-11-16/h2-11,14,17-19H,12-13H2,1H3. The van der Waals surface area contributed by atoms with E-state index >= 15 is 0 Å². The first-order valence-electron chi connectivity index (χ1n) is 7.20. The predicted molar refractivity (Wildman–Crippen MR) is 79.9 cm³/mol. The van der Waals surface area contributed by atoms with Gasteiger partial charge >= 0.3 is 0 Å². The van der Waals surface area contributed by atoms with Gasteiger partial charge in [0, 0.05) is 12.1 Å². The SMILES string of the molecule is CC(NC(c1ccccc1)C1CC1)c1ccccc1. The summed E-state index contributed by atoms with van der Waals surface area (Å²) in [6, 6.07) is 22.5. The van der Waals surface area contributed by atoms with Crippen molar-refractivity contribution in [1.82, 2.24) is 5.32 Å². The molecule has 0 aromatic heterocycles. The highest BCUT2D eigenvalue weighted by Gasteiger charge is 2.32. The van der Waals surface area contributed by atoms with Crippen molar-refractivity contribution in [3.63, 3.8) is 0 Å². The van der Waals surface area contributed by atoms with Crippen LogP contribution in [0.15, 0.2) is 60.7 Å². The first-order chi connectivity index (χ1) is 9.34. The second kappa shape index (κ2) is 5.58. The average Bonchev–Trinajstić information content (AvgIpc) is 3.31. The zero-order valence-electron chi connectivity index (χ0n) is 11.4. The summed E-state index contributed by atoms with van der Waals surface area (Å²) in [7, 11) is 0. The smallest absolute Gasteiger partial charge is 0.0353 e. The molecule has 0 amide bonds. The number of benzene rings is 2. The third-order valence-electron chi connectivity index (χ3n) is 3.98. The summed E-state index contributed by atoms with van der Waals surface area (Å²) in [6.45, 7) is 2.26. The highest BCUT2D eigenvalue weighted by Crippen LogP contribution is 2.42. The van der Waals surface area contributed by atoms with Crippen molar-refractivity contribution in [3.05, 3.63) is 71.8 Å². The van der Waals surface area contributed by atoms with Gasteiger partial charge in [0.1, 0.15) is 0 Å². The Bertz CT molecular complexity index is 502. The molecule has 0 heterocycles. The van der Waals surface area contributed by atoms with Crippen LogP contribution in [0.2, 0.25) is 0 Å². The molecule has 2 atom stereocenters. The molecule has 2 unspecified atom stereocenters. The maximum atomic E-state index is 3.81. The molecule has 0 bridgehead atoms. The van der Waals surface area contributed by atoms with Gasteiger partial charge in [-0.05, 0) is 36.8 Å². The molecule has 1 aliphatic rings. The van der Waals surface area contributed by atoms with Gasteiger partial charge < -0.3 is 5.32 Å². The molecule has 0 aliphatic heterocycles. The summed E-state index contributed by atoms with van der Waals surface area (Å²) >= 11 is 0. The van der Waals surface area contributed by atoms with Crippen molar-refractivity contribution in [3.8, 4) is 0 Å². The van der Waals surface area contributed by atoms with Crippen LogP contribution in [0.4, 0.5) is 0 Å². The largest absolute Gasteiger partial charge is 0.303 e. The Labute approximate surface area is 115 Å². The molecule has 1 aliphatic carbocycles. The van der Waals surface area contributed by atoms with Crippen LogP contribution in [0.1, 0.15) is 43.0 Å². The predicted octanol–water partition coefficient (Wildman–Crippen LogP) is 4.49. The fourth-order valence-corrected chi connectivity index (χ4v) is 2.70. The summed E-state index contributed by atoms with van der Waals surface area (Å²) in [5, 5.41) is 3.81. The Morgan fingerprint density at radius 3 is 1.89 bits per heavy atom. The molecule has 2 aromatic rings. The molecule has 1 saturated carbocycles. The molecule has 2 aromatic carbocycles. The summed E-state index contributed by atoms with van der Waals surface area (Å²) in [5.74, 6) is 0.813. The Hall–Kier alpha value is -1.60. The van der Waals surface area contributed by atoms with E-state index in [0.29, 0.717) is 12.1 Å². The van der Waals surface area contributed by atoms with Crippen molar-refractivity contribution in [2.75, 3.05) is 0 Å². The number of rotatable bonds is 5. The Morgan fingerprint density at radius 2 is 1.37 bits per heavy atom. The second-order valence-electron chi connectivity index (χ2n) is 5.52. The van der Waals surface area contributed by atoms with Gasteiger partial charge in [-0.1, -0.05) is 60.7 Å². The molecule has 1 heteroatoms. The van der Waals surface area contributed by atoms with Crippen LogP contribution in [-0.4, -0.2) is 0 Å². The van der Waals surface area contributed by atoms with Crippen LogP contribution < -0.4 is 5.32 Å². The van der Waals surface area contributed by atoms with Crippen molar-refractivity contribution in [2.24, 2.45) is 5.92 Å². The first-order valence-corrected chi connectivity index (χ1v) is 7.20. The number of hydrogen-bond acceptors (Lipinski definition) is 1. The third-order valence-corrected chi connectivity index (χ3v) is 3.98. The van der Waals surface area contributed by atoms with Gasteiger partial charge in [-0.2, -0.15) is 0 Å². The minimum Gasteiger partial charge on any atom is -0.303 e. The quantitative estimate of drug-likeness (QED) is 0.825. The van der Waals surface area contributed by atoms with Gasteiger partial charge in [-0.25, -0.2) is 0 Å². The Balaban J connectivity index is 1.76. The molecule has 0 radical (unpaired) electrons. The van der Waals surface area contributed by atoms with Gasteiger partial charge in [0.15, 0.2) is 0 Å². The Kier molecular flexibility index (Phi) is 3.65. The van der Waals surface area contributed by atoms with E-state index in [4.69, 9.17) is 0 Å². The number of nitrogens with one attached hydrogen (secondary N) is 1. The fraction of sp³-hybridized carbons (Fsp3) is 0.333. The highest BCUT2D eigenvalue weighted by atomic mass is 15.0. The maximum absolute atomic E-state index is 3.81. The van der Waals surface area contributed by atoms with E-state index in [0.717, 1.165) is 5.92 Å². The van der Waals surface area contributed by atoms with E-state index < -0.39 is 0 Å². The summed E-state index contributed by atoms with van der Waals surface area (Å²) < 4.78 is 0. The van der Waals surface area contributed by atoms with Crippen LogP contribution in [0.3, 0.4) is 0 Å². The summed E-state index contributed by atoms with van der Waals surface area (Å²) in [4.78, 5) is 0. The molecule has 19 heavy (non-hydrogen) atoms.